The monoisotopic (exact) mass is 340 g/mol. The van der Waals surface area contributed by atoms with E-state index < -0.39 is 0 Å². The molecule has 2 heterocycles. The average molecular weight is 340 g/mol. The Labute approximate surface area is 150 Å². The Morgan fingerprint density at radius 3 is 2.92 bits per heavy atom. The van der Waals surface area contributed by atoms with Gasteiger partial charge in [-0.3, -0.25) is 5.01 Å². The van der Waals surface area contributed by atoms with Crippen LogP contribution in [-0.2, 0) is 11.3 Å². The molecule has 1 aromatic heterocycles. The van der Waals surface area contributed by atoms with Gasteiger partial charge in [0.1, 0.15) is 5.82 Å². The number of hydrogen-bond acceptors (Lipinski definition) is 4. The third-order valence-corrected chi connectivity index (χ3v) is 4.70. The molecule has 1 saturated heterocycles. The third kappa shape index (κ3) is 4.28. The number of ether oxygens (including phenoxy) is 1. The average Bonchev–Trinajstić information content (AvgIpc) is 3.26. The second-order valence-corrected chi connectivity index (χ2v) is 6.54. The Balaban J connectivity index is 1.83. The van der Waals surface area contributed by atoms with E-state index in [2.05, 4.69) is 45.7 Å². The van der Waals surface area contributed by atoms with Crippen molar-refractivity contribution in [3.05, 3.63) is 42.2 Å². The molecule has 25 heavy (non-hydrogen) atoms. The van der Waals surface area contributed by atoms with E-state index in [1.165, 1.54) is 6.42 Å². The van der Waals surface area contributed by atoms with Gasteiger partial charge in [-0.05, 0) is 19.3 Å². The summed E-state index contributed by atoms with van der Waals surface area (Å²) in [5.74, 6) is 1.02. The van der Waals surface area contributed by atoms with Gasteiger partial charge in [-0.1, -0.05) is 43.7 Å². The largest absolute Gasteiger partial charge is 0.382 e. The predicted octanol–water partition coefficient (Wildman–Crippen LogP) is 3.79. The van der Waals surface area contributed by atoms with Gasteiger partial charge in [-0.25, -0.2) is 4.98 Å². The molecule has 1 aliphatic rings. The first kappa shape index (κ1) is 17.7. The van der Waals surface area contributed by atoms with E-state index in [4.69, 9.17) is 9.84 Å². The van der Waals surface area contributed by atoms with Crippen LogP contribution in [0.5, 0.6) is 0 Å². The van der Waals surface area contributed by atoms with Crippen molar-refractivity contribution in [2.75, 3.05) is 20.3 Å². The van der Waals surface area contributed by atoms with Crippen molar-refractivity contribution >= 4 is 6.21 Å². The Kier molecular flexibility index (Phi) is 6.23. The Bertz CT molecular complexity index is 680. The zero-order chi connectivity index (χ0) is 17.5. The SMILES string of the molecule is CCCCn1c(/C=N/N2CCCC2COC)cnc1-c1ccccc1. The molecule has 1 unspecified atom stereocenters. The van der Waals surface area contributed by atoms with Gasteiger partial charge in [0.05, 0.1) is 30.8 Å². The lowest BCUT2D eigenvalue weighted by Gasteiger charge is -2.20. The van der Waals surface area contributed by atoms with Crippen LogP contribution >= 0.6 is 0 Å². The molecule has 5 heteroatoms. The summed E-state index contributed by atoms with van der Waals surface area (Å²) in [6.45, 7) is 4.91. The van der Waals surface area contributed by atoms with Crippen LogP contribution in [0.4, 0.5) is 0 Å². The highest BCUT2D eigenvalue weighted by atomic mass is 16.5. The molecule has 0 aliphatic carbocycles. The topological polar surface area (TPSA) is 42.7 Å². The number of methoxy groups -OCH3 is 1. The summed E-state index contributed by atoms with van der Waals surface area (Å²) in [6, 6.07) is 10.8. The van der Waals surface area contributed by atoms with E-state index in [1.807, 2.05) is 18.5 Å². The zero-order valence-corrected chi connectivity index (χ0v) is 15.3. The van der Waals surface area contributed by atoms with Gasteiger partial charge < -0.3 is 9.30 Å². The smallest absolute Gasteiger partial charge is 0.140 e. The first-order valence-electron chi connectivity index (χ1n) is 9.24. The summed E-state index contributed by atoms with van der Waals surface area (Å²) in [5.41, 5.74) is 2.21. The van der Waals surface area contributed by atoms with Gasteiger partial charge >= 0.3 is 0 Å². The maximum Gasteiger partial charge on any atom is 0.140 e. The Morgan fingerprint density at radius 1 is 1.32 bits per heavy atom. The molecule has 0 spiro atoms. The van der Waals surface area contributed by atoms with Crippen molar-refractivity contribution < 1.29 is 4.74 Å². The highest BCUT2D eigenvalue weighted by Crippen LogP contribution is 2.21. The minimum absolute atomic E-state index is 0.391. The summed E-state index contributed by atoms with van der Waals surface area (Å²) >= 11 is 0. The lowest BCUT2D eigenvalue weighted by atomic mass is 10.2. The van der Waals surface area contributed by atoms with E-state index in [0.717, 1.165) is 56.0 Å². The predicted molar refractivity (Wildman–Crippen MR) is 102 cm³/mol. The van der Waals surface area contributed by atoms with Crippen LogP contribution in [0.2, 0.25) is 0 Å². The van der Waals surface area contributed by atoms with Crippen molar-refractivity contribution in [3.8, 4) is 11.4 Å². The van der Waals surface area contributed by atoms with E-state index in [1.54, 1.807) is 7.11 Å². The van der Waals surface area contributed by atoms with E-state index in [-0.39, 0.29) is 0 Å². The molecule has 134 valence electrons. The maximum absolute atomic E-state index is 5.31. The van der Waals surface area contributed by atoms with Gasteiger partial charge in [0.15, 0.2) is 0 Å². The Hall–Kier alpha value is -2.14. The summed E-state index contributed by atoms with van der Waals surface area (Å²) in [7, 11) is 1.76. The number of unbranched alkanes of at least 4 members (excludes halogenated alkanes) is 1. The fourth-order valence-electron chi connectivity index (χ4n) is 3.33. The second kappa shape index (κ2) is 8.81. The van der Waals surface area contributed by atoms with Crippen LogP contribution in [0.1, 0.15) is 38.3 Å². The number of imidazole rings is 1. The standard InChI is InChI=1S/C20H28N4O/c1-3-4-12-23-19(14-21-20(23)17-9-6-5-7-10-17)15-22-24-13-8-11-18(24)16-25-2/h5-7,9-10,14-15,18H,3-4,8,11-13,16H2,1-2H3/b22-15+. The van der Waals surface area contributed by atoms with E-state index in [0.29, 0.717) is 6.04 Å². The summed E-state index contributed by atoms with van der Waals surface area (Å²) in [4.78, 5) is 4.67. The van der Waals surface area contributed by atoms with E-state index in [9.17, 15) is 0 Å². The first-order chi connectivity index (χ1) is 12.3. The zero-order valence-electron chi connectivity index (χ0n) is 15.3. The van der Waals surface area contributed by atoms with Crippen LogP contribution in [0.25, 0.3) is 11.4 Å². The number of benzene rings is 1. The van der Waals surface area contributed by atoms with Gasteiger partial charge in [-0.15, -0.1) is 0 Å². The summed E-state index contributed by atoms with van der Waals surface area (Å²) in [6.07, 6.45) is 8.51. The fraction of sp³-hybridized carbons (Fsp3) is 0.500. The lowest BCUT2D eigenvalue weighted by molar-refractivity contribution is 0.118. The molecule has 0 amide bonds. The molecule has 3 rings (SSSR count). The molecule has 1 aliphatic heterocycles. The fourth-order valence-corrected chi connectivity index (χ4v) is 3.33. The molecule has 0 saturated carbocycles. The van der Waals surface area contributed by atoms with Crippen molar-refractivity contribution in [2.24, 2.45) is 5.10 Å². The van der Waals surface area contributed by atoms with Crippen LogP contribution in [-0.4, -0.2) is 47.1 Å². The first-order valence-corrected chi connectivity index (χ1v) is 9.24. The highest BCUT2D eigenvalue weighted by Gasteiger charge is 2.22. The quantitative estimate of drug-likeness (QED) is 0.687. The highest BCUT2D eigenvalue weighted by molar-refractivity contribution is 5.78. The number of hydrogen-bond donors (Lipinski definition) is 0. The Morgan fingerprint density at radius 2 is 2.16 bits per heavy atom. The lowest BCUT2D eigenvalue weighted by Crippen LogP contribution is -2.28. The number of rotatable bonds is 8. The molecule has 0 radical (unpaired) electrons. The molecule has 5 nitrogen and oxygen atoms in total. The molecule has 1 aromatic carbocycles. The third-order valence-electron chi connectivity index (χ3n) is 4.70. The van der Waals surface area contributed by atoms with Crippen molar-refractivity contribution in [2.45, 2.75) is 45.2 Å². The number of aromatic nitrogens is 2. The molecule has 0 N–H and O–H groups in total. The molecule has 1 atom stereocenters. The van der Waals surface area contributed by atoms with E-state index >= 15 is 0 Å². The molecular weight excluding hydrogens is 312 g/mol. The molecular formula is C20H28N4O. The second-order valence-electron chi connectivity index (χ2n) is 6.54. The summed E-state index contributed by atoms with van der Waals surface area (Å²) in [5, 5.41) is 6.89. The van der Waals surface area contributed by atoms with Crippen LogP contribution in [0.15, 0.2) is 41.6 Å². The van der Waals surface area contributed by atoms with Crippen molar-refractivity contribution in [3.63, 3.8) is 0 Å². The maximum atomic E-state index is 5.31. The summed E-state index contributed by atoms with van der Waals surface area (Å²) < 4.78 is 7.60. The minimum atomic E-state index is 0.391. The van der Waals surface area contributed by atoms with Gasteiger partial charge in [0.25, 0.3) is 0 Å². The van der Waals surface area contributed by atoms with Crippen LogP contribution in [0.3, 0.4) is 0 Å². The van der Waals surface area contributed by atoms with Crippen LogP contribution in [0, 0.1) is 0 Å². The van der Waals surface area contributed by atoms with Crippen LogP contribution < -0.4 is 0 Å². The molecule has 2 aromatic rings. The minimum Gasteiger partial charge on any atom is -0.382 e. The van der Waals surface area contributed by atoms with Gasteiger partial charge in [0, 0.05) is 25.8 Å². The van der Waals surface area contributed by atoms with Crippen molar-refractivity contribution in [1.29, 1.82) is 0 Å². The normalized spacial score (nSPS) is 17.7. The number of nitrogens with zero attached hydrogens (tertiary/aromatic N) is 4. The van der Waals surface area contributed by atoms with Crippen molar-refractivity contribution in [1.82, 2.24) is 14.6 Å². The van der Waals surface area contributed by atoms with Gasteiger partial charge in [0.2, 0.25) is 0 Å². The molecule has 1 fully saturated rings. The van der Waals surface area contributed by atoms with Gasteiger partial charge in [-0.2, -0.15) is 5.10 Å². The molecule has 0 bridgehead atoms. The number of hydrazone groups is 1.